The molecule has 2 aromatic rings. The molecule has 1 amide bonds. The molecule has 124 valence electrons. The van der Waals surface area contributed by atoms with Gasteiger partial charge < -0.3 is 4.90 Å². The van der Waals surface area contributed by atoms with E-state index in [1.165, 1.54) is 0 Å². The maximum atomic E-state index is 12.8. The molecular formula is C18H20N4O2. The molecule has 0 spiro atoms. The number of nitrogens with zero attached hydrogens (tertiary/aromatic N) is 3. The smallest absolute Gasteiger partial charge is 0.274 e. The van der Waals surface area contributed by atoms with Gasteiger partial charge in [-0.1, -0.05) is 6.07 Å². The number of fused-ring (bicyclic) bond motifs is 1. The number of Topliss-reactive ketones (excluding diaryl/α,β-unsaturated/α-hetero) is 1. The summed E-state index contributed by atoms with van der Waals surface area (Å²) in [5.74, 6) is -0.196. The Kier molecular flexibility index (Phi) is 3.88. The lowest BCUT2D eigenvalue weighted by Gasteiger charge is -2.31. The van der Waals surface area contributed by atoms with Crippen LogP contribution >= 0.6 is 0 Å². The normalized spacial score (nSPS) is 20.0. The van der Waals surface area contributed by atoms with Crippen LogP contribution < -0.4 is 0 Å². The second-order valence-corrected chi connectivity index (χ2v) is 6.55. The number of amides is 1. The fourth-order valence-electron chi connectivity index (χ4n) is 3.74. The molecule has 0 saturated carbocycles. The van der Waals surface area contributed by atoms with Crippen LogP contribution in [0.2, 0.25) is 0 Å². The lowest BCUT2D eigenvalue weighted by atomic mass is 9.91. The number of nitrogens with one attached hydrogen (secondary N) is 1. The number of pyridine rings is 1. The molecule has 0 bridgehead atoms. The van der Waals surface area contributed by atoms with Gasteiger partial charge in [-0.2, -0.15) is 5.10 Å². The average molecular weight is 324 g/mol. The minimum atomic E-state index is -0.176. The molecule has 2 aliphatic rings. The van der Waals surface area contributed by atoms with E-state index in [9.17, 15) is 9.59 Å². The monoisotopic (exact) mass is 324 g/mol. The van der Waals surface area contributed by atoms with Gasteiger partial charge in [0, 0.05) is 36.5 Å². The third kappa shape index (κ3) is 2.62. The topological polar surface area (TPSA) is 79.0 Å². The average Bonchev–Trinajstić information content (AvgIpc) is 3.25. The first-order valence-electron chi connectivity index (χ1n) is 8.54. The highest BCUT2D eigenvalue weighted by atomic mass is 16.2. The molecule has 0 aromatic carbocycles. The molecule has 1 aliphatic heterocycles. The quantitative estimate of drug-likeness (QED) is 0.876. The van der Waals surface area contributed by atoms with E-state index in [0.29, 0.717) is 24.5 Å². The van der Waals surface area contributed by atoms with Crippen LogP contribution in [0.15, 0.2) is 24.4 Å². The van der Waals surface area contributed by atoms with Gasteiger partial charge in [0.1, 0.15) is 5.69 Å². The highest BCUT2D eigenvalue weighted by molar-refractivity contribution is 5.98. The molecule has 24 heavy (non-hydrogen) atoms. The summed E-state index contributed by atoms with van der Waals surface area (Å²) in [4.78, 5) is 31.4. The number of carbonyl (C=O) groups is 2. The standard InChI is InChI=1S/C18H20N4O2/c23-17(15-7-1-2-9-19-15)12-5-4-10-22(11-12)18(24)16-13-6-3-8-14(13)20-21-16/h1-2,7,9,12H,3-6,8,10-11H2,(H,20,21). The lowest BCUT2D eigenvalue weighted by molar-refractivity contribution is 0.0629. The number of rotatable bonds is 3. The number of piperidine rings is 1. The second kappa shape index (κ2) is 6.19. The first-order valence-corrected chi connectivity index (χ1v) is 8.54. The molecule has 1 unspecified atom stereocenters. The molecule has 6 nitrogen and oxygen atoms in total. The lowest BCUT2D eigenvalue weighted by Crippen LogP contribution is -2.42. The Hall–Kier alpha value is -2.50. The van der Waals surface area contributed by atoms with Crippen molar-refractivity contribution in [3.05, 3.63) is 47.0 Å². The van der Waals surface area contributed by atoms with Gasteiger partial charge in [-0.25, -0.2) is 0 Å². The van der Waals surface area contributed by atoms with E-state index in [1.807, 2.05) is 6.07 Å². The summed E-state index contributed by atoms with van der Waals surface area (Å²) in [6, 6.07) is 5.36. The van der Waals surface area contributed by atoms with Crippen molar-refractivity contribution in [1.29, 1.82) is 0 Å². The first kappa shape index (κ1) is 15.1. The summed E-state index contributed by atoms with van der Waals surface area (Å²) in [6.07, 6.45) is 6.23. The van der Waals surface area contributed by atoms with E-state index in [1.54, 1.807) is 23.2 Å². The van der Waals surface area contributed by atoms with Crippen molar-refractivity contribution in [2.45, 2.75) is 32.1 Å². The second-order valence-electron chi connectivity index (χ2n) is 6.55. The summed E-state index contributed by atoms with van der Waals surface area (Å²) in [6.45, 7) is 1.14. The van der Waals surface area contributed by atoms with Gasteiger partial charge in [0.2, 0.25) is 0 Å². The zero-order valence-electron chi connectivity index (χ0n) is 13.5. The summed E-state index contributed by atoms with van der Waals surface area (Å²) in [7, 11) is 0. The Morgan fingerprint density at radius 2 is 2.12 bits per heavy atom. The number of hydrogen-bond donors (Lipinski definition) is 1. The number of aromatic nitrogens is 3. The Morgan fingerprint density at radius 3 is 2.96 bits per heavy atom. The minimum Gasteiger partial charge on any atom is -0.337 e. The fourth-order valence-corrected chi connectivity index (χ4v) is 3.74. The molecule has 4 rings (SSSR count). The van der Waals surface area contributed by atoms with Crippen molar-refractivity contribution in [1.82, 2.24) is 20.1 Å². The highest BCUT2D eigenvalue weighted by Gasteiger charge is 2.32. The van der Waals surface area contributed by atoms with Gasteiger partial charge in [0.15, 0.2) is 11.5 Å². The van der Waals surface area contributed by atoms with Gasteiger partial charge in [0.25, 0.3) is 5.91 Å². The van der Waals surface area contributed by atoms with Crippen molar-refractivity contribution in [3.63, 3.8) is 0 Å². The first-order chi connectivity index (χ1) is 11.7. The van der Waals surface area contributed by atoms with E-state index >= 15 is 0 Å². The van der Waals surface area contributed by atoms with E-state index in [2.05, 4.69) is 15.2 Å². The van der Waals surface area contributed by atoms with E-state index in [-0.39, 0.29) is 17.6 Å². The Labute approximate surface area is 140 Å². The number of carbonyl (C=O) groups excluding carboxylic acids is 2. The molecule has 3 heterocycles. The predicted molar refractivity (Wildman–Crippen MR) is 87.8 cm³/mol. The molecular weight excluding hydrogens is 304 g/mol. The largest absolute Gasteiger partial charge is 0.337 e. The third-order valence-corrected chi connectivity index (χ3v) is 5.01. The van der Waals surface area contributed by atoms with Crippen LogP contribution in [-0.2, 0) is 12.8 Å². The molecule has 1 aliphatic carbocycles. The van der Waals surface area contributed by atoms with Crippen molar-refractivity contribution >= 4 is 11.7 Å². The zero-order valence-corrected chi connectivity index (χ0v) is 13.5. The number of H-pyrrole nitrogens is 1. The summed E-state index contributed by atoms with van der Waals surface area (Å²) >= 11 is 0. The van der Waals surface area contributed by atoms with Crippen molar-refractivity contribution in [3.8, 4) is 0 Å². The van der Waals surface area contributed by atoms with Crippen LogP contribution in [0.5, 0.6) is 0 Å². The fraction of sp³-hybridized carbons (Fsp3) is 0.444. The summed E-state index contributed by atoms with van der Waals surface area (Å²) in [5.41, 5.74) is 3.19. The minimum absolute atomic E-state index is 0.0281. The van der Waals surface area contributed by atoms with Gasteiger partial charge in [-0.3, -0.25) is 19.7 Å². The van der Waals surface area contributed by atoms with Crippen LogP contribution in [-0.4, -0.2) is 44.9 Å². The van der Waals surface area contributed by atoms with Gasteiger partial charge in [0.05, 0.1) is 0 Å². The van der Waals surface area contributed by atoms with Crippen LogP contribution in [0.4, 0.5) is 0 Å². The van der Waals surface area contributed by atoms with Crippen molar-refractivity contribution < 1.29 is 9.59 Å². The zero-order chi connectivity index (χ0) is 16.5. The molecule has 1 atom stereocenters. The Bertz CT molecular complexity index is 769. The van der Waals surface area contributed by atoms with Gasteiger partial charge in [-0.05, 0) is 44.2 Å². The molecule has 1 fully saturated rings. The Balaban J connectivity index is 1.50. The molecule has 2 aromatic heterocycles. The predicted octanol–water partition coefficient (Wildman–Crippen LogP) is 2.03. The van der Waals surface area contributed by atoms with E-state index in [4.69, 9.17) is 0 Å². The maximum Gasteiger partial charge on any atom is 0.274 e. The van der Waals surface area contributed by atoms with Crippen LogP contribution in [0.3, 0.4) is 0 Å². The van der Waals surface area contributed by atoms with Crippen LogP contribution in [0.1, 0.15) is 51.5 Å². The summed E-state index contributed by atoms with van der Waals surface area (Å²) < 4.78 is 0. The highest BCUT2D eigenvalue weighted by Crippen LogP contribution is 2.26. The van der Waals surface area contributed by atoms with Crippen molar-refractivity contribution in [2.75, 3.05) is 13.1 Å². The van der Waals surface area contributed by atoms with Crippen molar-refractivity contribution in [2.24, 2.45) is 5.92 Å². The number of aromatic amines is 1. The Morgan fingerprint density at radius 1 is 1.21 bits per heavy atom. The molecule has 6 heteroatoms. The SMILES string of the molecule is O=C(c1ccccn1)C1CCCN(C(=O)c2n[nH]c3c2CCC3)C1. The number of hydrogen-bond acceptors (Lipinski definition) is 4. The van der Waals surface area contributed by atoms with E-state index in [0.717, 1.165) is 43.4 Å². The summed E-state index contributed by atoms with van der Waals surface area (Å²) in [5, 5.41) is 7.22. The number of ketones is 1. The van der Waals surface area contributed by atoms with Gasteiger partial charge >= 0.3 is 0 Å². The van der Waals surface area contributed by atoms with Crippen LogP contribution in [0, 0.1) is 5.92 Å². The van der Waals surface area contributed by atoms with Crippen LogP contribution in [0.25, 0.3) is 0 Å². The molecule has 1 N–H and O–H groups in total. The number of likely N-dealkylation sites (tertiary alicyclic amines) is 1. The van der Waals surface area contributed by atoms with E-state index < -0.39 is 0 Å². The molecule has 1 saturated heterocycles. The maximum absolute atomic E-state index is 12.8. The molecule has 0 radical (unpaired) electrons. The number of aryl methyl sites for hydroxylation is 1. The van der Waals surface area contributed by atoms with Gasteiger partial charge in [-0.15, -0.1) is 0 Å². The third-order valence-electron chi connectivity index (χ3n) is 5.01.